The minimum Gasteiger partial charge on any atom is -0.494 e. The monoisotopic (exact) mass is 665 g/mol. The molecule has 0 saturated carbocycles. The van der Waals surface area contributed by atoms with Gasteiger partial charge in [-0.25, -0.2) is 34.7 Å². The van der Waals surface area contributed by atoms with E-state index in [1.54, 1.807) is 36.4 Å². The lowest BCUT2D eigenvalue weighted by atomic mass is 10.1. The fraction of sp³-hybridized carbons (Fsp3) is 0.174. The Morgan fingerprint density at radius 3 is 2.59 bits per heavy atom. The van der Waals surface area contributed by atoms with Gasteiger partial charge in [0.05, 0.1) is 30.4 Å². The number of ether oxygens (including phenoxy) is 1. The zero-order valence-electron chi connectivity index (χ0n) is 20.9. The highest BCUT2D eigenvalue weighted by atomic mass is 127. The van der Waals surface area contributed by atoms with Crippen molar-refractivity contribution in [3.63, 3.8) is 0 Å². The number of rotatable bonds is 9. The predicted molar refractivity (Wildman–Crippen MR) is 156 cm³/mol. The standard InChI is InChI=1S/C23H23F2IN11OP/c1-11-7-12(10-27)30-16(8-11)32-17-9-15(18-22(33-17)37(39-26)23(34-18)20(24)25)31-14-6-4-5-13(19(14)38-3)21(28)35-36(2)29/h4-9,20,39H,29H2,1-3H3,(H2,28,35)(H2,30,31,32,33). The van der Waals surface area contributed by atoms with Crippen LogP contribution in [0.1, 0.15) is 29.1 Å². The molecule has 16 heteroatoms. The first-order chi connectivity index (χ1) is 18.6. The Labute approximate surface area is 236 Å². The number of alkyl halides is 2. The zero-order valence-corrected chi connectivity index (χ0v) is 24.0. The molecule has 3 aromatic heterocycles. The minimum atomic E-state index is -2.82. The van der Waals surface area contributed by atoms with Crippen LogP contribution < -0.4 is 26.9 Å². The van der Waals surface area contributed by atoms with Crippen LogP contribution in [0.25, 0.3) is 11.2 Å². The summed E-state index contributed by atoms with van der Waals surface area (Å²) in [5.41, 5.74) is 8.91. The summed E-state index contributed by atoms with van der Waals surface area (Å²) in [7, 11) is 2.99. The molecule has 0 spiro atoms. The number of amidine groups is 1. The molecule has 0 aliphatic rings. The number of nitrogens with zero attached hydrogens (tertiary/aromatic N) is 7. The van der Waals surface area contributed by atoms with E-state index in [-0.39, 0.29) is 29.1 Å². The van der Waals surface area contributed by atoms with Crippen LogP contribution in [0.4, 0.5) is 31.8 Å². The molecule has 3 heterocycles. The number of anilines is 4. The molecule has 0 bridgehead atoms. The minimum absolute atomic E-state index is 0.0920. The molecule has 1 unspecified atom stereocenters. The van der Waals surface area contributed by atoms with Crippen molar-refractivity contribution in [2.24, 2.45) is 16.7 Å². The number of hydrogen-bond donors (Lipinski definition) is 4. The van der Waals surface area contributed by atoms with E-state index in [1.807, 2.05) is 35.0 Å². The van der Waals surface area contributed by atoms with Crippen molar-refractivity contribution in [3.8, 4) is 11.8 Å². The van der Waals surface area contributed by atoms with Crippen molar-refractivity contribution < 1.29 is 13.5 Å². The topological polar surface area (TPSA) is 168 Å². The molecule has 0 aliphatic heterocycles. The quantitative estimate of drug-likeness (QED) is 0.0493. The first-order valence-corrected chi connectivity index (χ1v) is 15.2. The first kappa shape index (κ1) is 28.1. The van der Waals surface area contributed by atoms with Crippen LogP contribution in [0.15, 0.2) is 41.5 Å². The Morgan fingerprint density at radius 2 is 1.95 bits per heavy atom. The van der Waals surface area contributed by atoms with Gasteiger partial charge in [-0.3, -0.25) is 4.34 Å². The van der Waals surface area contributed by atoms with Gasteiger partial charge in [-0.1, -0.05) is 6.07 Å². The lowest BCUT2D eigenvalue weighted by Gasteiger charge is -2.16. The molecule has 4 rings (SSSR count). The molecule has 39 heavy (non-hydrogen) atoms. The Kier molecular flexibility index (Phi) is 8.58. The number of pyridine rings is 2. The van der Waals surface area contributed by atoms with E-state index in [1.165, 1.54) is 18.5 Å². The van der Waals surface area contributed by atoms with Crippen LogP contribution in [0.2, 0.25) is 0 Å². The van der Waals surface area contributed by atoms with Crippen LogP contribution in [0, 0.1) is 18.3 Å². The van der Waals surface area contributed by atoms with Crippen LogP contribution in [0.5, 0.6) is 5.75 Å². The molecule has 1 aromatic carbocycles. The van der Waals surface area contributed by atoms with E-state index in [4.69, 9.17) is 16.3 Å². The maximum atomic E-state index is 13.9. The number of para-hydroxylation sites is 1. The fourth-order valence-electron chi connectivity index (χ4n) is 3.80. The second kappa shape index (κ2) is 11.9. The second-order valence-electron chi connectivity index (χ2n) is 8.14. The third kappa shape index (κ3) is 6.08. The Hall–Kier alpha value is -3.87. The van der Waals surface area contributed by atoms with Gasteiger partial charge in [-0.15, -0.1) is 5.10 Å². The number of benzene rings is 1. The molecule has 4 aromatic rings. The third-order valence-electron chi connectivity index (χ3n) is 5.29. The van der Waals surface area contributed by atoms with E-state index < -0.39 is 12.2 Å². The molecule has 12 nitrogen and oxygen atoms in total. The molecule has 202 valence electrons. The molecule has 0 amide bonds. The zero-order chi connectivity index (χ0) is 28.3. The molecular weight excluding hydrogens is 642 g/mol. The largest absolute Gasteiger partial charge is 0.494 e. The highest BCUT2D eigenvalue weighted by molar-refractivity contribution is 14.2. The number of hydrazine groups is 1. The van der Waals surface area contributed by atoms with Crippen molar-refractivity contribution in [2.75, 3.05) is 24.8 Å². The number of fused-ring (bicyclic) bond motifs is 1. The summed E-state index contributed by atoms with van der Waals surface area (Å²) in [6, 6.07) is 12.2. The number of nitrogens with two attached hydrogens (primary N) is 2. The van der Waals surface area contributed by atoms with Gasteiger partial charge in [0.15, 0.2) is 23.1 Å². The molecule has 1 atom stereocenters. The van der Waals surface area contributed by atoms with Crippen LogP contribution >= 0.6 is 28.4 Å². The van der Waals surface area contributed by atoms with E-state index in [2.05, 4.69) is 30.7 Å². The Morgan fingerprint density at radius 1 is 1.21 bits per heavy atom. The maximum absolute atomic E-state index is 13.9. The number of aryl methyl sites for hydroxylation is 1. The SMILES string of the molecule is COc1c(Nc2cc(Nc3cc(C)cc(C#N)n3)nc3c2nc(C(F)F)n3PI)cccc1/C(N)=N/N(C)N. The van der Waals surface area contributed by atoms with Crippen molar-refractivity contribution >= 4 is 68.4 Å². The van der Waals surface area contributed by atoms with Gasteiger partial charge < -0.3 is 21.1 Å². The van der Waals surface area contributed by atoms with Gasteiger partial charge in [-0.2, -0.15) is 5.26 Å². The van der Waals surface area contributed by atoms with Gasteiger partial charge in [0.1, 0.15) is 28.9 Å². The lowest BCUT2D eigenvalue weighted by Crippen LogP contribution is -2.26. The summed E-state index contributed by atoms with van der Waals surface area (Å²) >= 11 is 2.00. The second-order valence-corrected chi connectivity index (χ2v) is 10.2. The first-order valence-electron chi connectivity index (χ1n) is 11.2. The van der Waals surface area contributed by atoms with Gasteiger partial charge in [-0.05, 0) is 58.8 Å². The number of hydrogen-bond acceptors (Lipinski definition) is 10. The smallest absolute Gasteiger partial charge is 0.295 e. The molecule has 0 fully saturated rings. The average molecular weight is 665 g/mol. The number of nitriles is 1. The Bertz CT molecular complexity index is 1600. The molecular formula is C23H23F2IN11OP. The van der Waals surface area contributed by atoms with E-state index in [0.717, 1.165) is 10.7 Å². The highest BCUT2D eigenvalue weighted by Gasteiger charge is 2.23. The number of imidazole rings is 1. The maximum Gasteiger partial charge on any atom is 0.295 e. The normalized spacial score (nSPS) is 11.8. The number of nitrogens with one attached hydrogen (secondary N) is 2. The number of hydrazone groups is 1. The van der Waals surface area contributed by atoms with Gasteiger partial charge >= 0.3 is 0 Å². The highest BCUT2D eigenvalue weighted by Crippen LogP contribution is 2.40. The van der Waals surface area contributed by atoms with Crippen molar-refractivity contribution in [3.05, 3.63) is 59.0 Å². The van der Waals surface area contributed by atoms with Crippen molar-refractivity contribution in [1.29, 1.82) is 5.26 Å². The van der Waals surface area contributed by atoms with Gasteiger partial charge in [0.25, 0.3) is 6.43 Å². The van der Waals surface area contributed by atoms with Crippen LogP contribution in [-0.4, -0.2) is 44.4 Å². The van der Waals surface area contributed by atoms with Crippen LogP contribution in [0.3, 0.4) is 0 Å². The number of halogens is 3. The summed E-state index contributed by atoms with van der Waals surface area (Å²) in [4.78, 5) is 13.0. The summed E-state index contributed by atoms with van der Waals surface area (Å²) in [5, 5.41) is 20.7. The van der Waals surface area contributed by atoms with Gasteiger partial charge in [0.2, 0.25) is 0 Å². The summed E-state index contributed by atoms with van der Waals surface area (Å²) in [6.45, 7) is 1.83. The van der Waals surface area contributed by atoms with E-state index in [0.29, 0.717) is 34.3 Å². The fourth-order valence-corrected chi connectivity index (χ4v) is 5.70. The van der Waals surface area contributed by atoms with Crippen LogP contribution in [-0.2, 0) is 0 Å². The van der Waals surface area contributed by atoms with Crippen molar-refractivity contribution in [1.82, 2.24) is 24.4 Å². The Balaban J connectivity index is 1.89. The summed E-state index contributed by atoms with van der Waals surface area (Å²) in [6.07, 6.45) is -2.91. The molecule has 0 aliphatic carbocycles. The van der Waals surface area contributed by atoms with E-state index in [9.17, 15) is 14.0 Å². The molecule has 0 saturated heterocycles. The third-order valence-corrected chi connectivity index (χ3v) is 7.35. The van der Waals surface area contributed by atoms with Crippen molar-refractivity contribution in [2.45, 2.75) is 13.3 Å². The summed E-state index contributed by atoms with van der Waals surface area (Å²) < 4.78 is 34.8. The summed E-state index contributed by atoms with van der Waals surface area (Å²) in [5.74, 6) is 6.33. The molecule has 6 N–H and O–H groups in total. The van der Waals surface area contributed by atoms with E-state index >= 15 is 0 Å². The average Bonchev–Trinajstić information content (AvgIpc) is 3.27. The lowest BCUT2D eigenvalue weighted by molar-refractivity contribution is 0.140. The number of methoxy groups -OCH3 is 1. The number of aromatic nitrogens is 4. The predicted octanol–water partition coefficient (Wildman–Crippen LogP) is 4.66. The van der Waals surface area contributed by atoms with Gasteiger partial charge in [0, 0.05) is 13.1 Å². The molecule has 0 radical (unpaired) electrons.